The summed E-state index contributed by atoms with van der Waals surface area (Å²) in [5.41, 5.74) is 1.19. The van der Waals surface area contributed by atoms with Crippen LogP contribution >= 0.6 is 11.6 Å². The number of carbonyl (C=O) groups is 2. The molecule has 0 unspecified atom stereocenters. The number of sulfonamides is 1. The van der Waals surface area contributed by atoms with Crippen molar-refractivity contribution in [3.05, 3.63) is 59.1 Å². The zero-order valence-corrected chi connectivity index (χ0v) is 24.6. The van der Waals surface area contributed by atoms with Crippen molar-refractivity contribution >= 4 is 39.1 Å². The first-order valence-corrected chi connectivity index (χ1v) is 15.9. The number of nitrogens with zero attached hydrogens (tertiary/aromatic N) is 2. The minimum Gasteiger partial charge on any atom is -0.492 e. The molecule has 1 saturated carbocycles. The van der Waals surface area contributed by atoms with Crippen LogP contribution in [-0.2, 0) is 26.2 Å². The van der Waals surface area contributed by atoms with Gasteiger partial charge in [0.15, 0.2) is 0 Å². The standard InChI is InChI=1S/C29H40ClN3O5S/c1-4-25(29(35)31-23-14-7-8-15-23)32(21-22-13-6-9-16-24(22)30)28(34)19-12-20-33(39(3,36)37)26-17-10-11-18-27(26)38-5-2/h6,9-11,13,16-18,23,25H,4-5,7-8,12,14-15,19-21H2,1-3H3,(H,31,35)/t25-/m0/s1. The fraction of sp³-hybridized carbons (Fsp3) is 0.517. The Hall–Kier alpha value is -2.78. The van der Waals surface area contributed by atoms with Gasteiger partial charge in [-0.1, -0.05) is 61.7 Å². The summed E-state index contributed by atoms with van der Waals surface area (Å²) in [7, 11) is -3.63. The molecule has 0 spiro atoms. The van der Waals surface area contributed by atoms with Crippen molar-refractivity contribution in [2.45, 2.75) is 77.4 Å². The van der Waals surface area contributed by atoms with Gasteiger partial charge in [-0.3, -0.25) is 13.9 Å². The van der Waals surface area contributed by atoms with E-state index in [0.29, 0.717) is 29.5 Å². The Kier molecular flexibility index (Phi) is 11.5. The van der Waals surface area contributed by atoms with Crippen molar-refractivity contribution in [3.63, 3.8) is 0 Å². The molecule has 1 fully saturated rings. The zero-order chi connectivity index (χ0) is 28.4. The van der Waals surface area contributed by atoms with Crippen molar-refractivity contribution in [3.8, 4) is 5.75 Å². The summed E-state index contributed by atoms with van der Waals surface area (Å²) < 4.78 is 32.3. The number of carbonyl (C=O) groups excluding carboxylic acids is 2. The Balaban J connectivity index is 1.78. The molecule has 39 heavy (non-hydrogen) atoms. The molecule has 0 saturated heterocycles. The van der Waals surface area contributed by atoms with E-state index in [9.17, 15) is 18.0 Å². The average molecular weight is 578 g/mol. The van der Waals surface area contributed by atoms with E-state index in [2.05, 4.69) is 5.32 Å². The summed E-state index contributed by atoms with van der Waals surface area (Å²) >= 11 is 6.42. The molecule has 1 N–H and O–H groups in total. The third-order valence-corrected chi connectivity index (χ3v) is 8.52. The van der Waals surface area contributed by atoms with Crippen molar-refractivity contribution < 1.29 is 22.7 Å². The molecule has 2 aromatic carbocycles. The highest BCUT2D eigenvalue weighted by molar-refractivity contribution is 7.92. The van der Waals surface area contributed by atoms with Gasteiger partial charge in [-0.2, -0.15) is 0 Å². The van der Waals surface area contributed by atoms with Gasteiger partial charge in [0.2, 0.25) is 21.8 Å². The van der Waals surface area contributed by atoms with Crippen LogP contribution in [0.5, 0.6) is 5.75 Å². The Morgan fingerprint density at radius 2 is 1.74 bits per heavy atom. The maximum Gasteiger partial charge on any atom is 0.243 e. The fourth-order valence-corrected chi connectivity index (χ4v) is 6.18. The molecule has 8 nitrogen and oxygen atoms in total. The molecule has 10 heteroatoms. The van der Waals surface area contributed by atoms with Gasteiger partial charge in [-0.15, -0.1) is 0 Å². The molecular weight excluding hydrogens is 538 g/mol. The summed E-state index contributed by atoms with van der Waals surface area (Å²) in [4.78, 5) is 28.5. The van der Waals surface area contributed by atoms with Crippen molar-refractivity contribution in [2.75, 3.05) is 23.7 Å². The number of halogens is 1. The number of ether oxygens (including phenoxy) is 1. The minimum absolute atomic E-state index is 0.0699. The third-order valence-electron chi connectivity index (χ3n) is 6.97. The van der Waals surface area contributed by atoms with Crippen LogP contribution in [0.1, 0.15) is 64.4 Å². The fourth-order valence-electron chi connectivity index (χ4n) is 5.02. The molecule has 0 heterocycles. The molecule has 3 rings (SSSR count). The van der Waals surface area contributed by atoms with Gasteiger partial charge in [0.1, 0.15) is 11.8 Å². The van der Waals surface area contributed by atoms with E-state index in [0.717, 1.165) is 37.5 Å². The van der Waals surface area contributed by atoms with Crippen LogP contribution in [0.15, 0.2) is 48.5 Å². The lowest BCUT2D eigenvalue weighted by Gasteiger charge is -2.32. The van der Waals surface area contributed by atoms with Crippen LogP contribution in [0.2, 0.25) is 5.02 Å². The molecule has 1 aliphatic rings. The third kappa shape index (κ3) is 8.60. The number of para-hydroxylation sites is 2. The molecule has 2 aromatic rings. The van der Waals surface area contributed by atoms with Crippen LogP contribution in [0, 0.1) is 0 Å². The number of hydrogen-bond donors (Lipinski definition) is 1. The number of amides is 2. The van der Waals surface area contributed by atoms with E-state index in [4.69, 9.17) is 16.3 Å². The first kappa shape index (κ1) is 30.8. The van der Waals surface area contributed by atoms with Crippen LogP contribution in [-0.4, -0.2) is 56.6 Å². The molecule has 0 aromatic heterocycles. The summed E-state index contributed by atoms with van der Waals surface area (Å²) in [6, 6.07) is 13.7. The van der Waals surface area contributed by atoms with E-state index in [1.807, 2.05) is 32.0 Å². The van der Waals surface area contributed by atoms with E-state index in [1.54, 1.807) is 35.2 Å². The van der Waals surface area contributed by atoms with Crippen LogP contribution in [0.3, 0.4) is 0 Å². The van der Waals surface area contributed by atoms with Gasteiger partial charge in [-0.05, 0) is 56.4 Å². The number of benzene rings is 2. The Morgan fingerprint density at radius 3 is 2.38 bits per heavy atom. The predicted octanol–water partition coefficient (Wildman–Crippen LogP) is 5.15. The molecule has 0 aliphatic heterocycles. The lowest BCUT2D eigenvalue weighted by Crippen LogP contribution is -2.51. The second-order valence-corrected chi connectivity index (χ2v) is 12.2. The molecule has 2 amide bonds. The van der Waals surface area contributed by atoms with Crippen LogP contribution in [0.4, 0.5) is 5.69 Å². The minimum atomic E-state index is -3.63. The first-order chi connectivity index (χ1) is 18.7. The molecular formula is C29H40ClN3O5S. The lowest BCUT2D eigenvalue weighted by atomic mass is 10.1. The summed E-state index contributed by atoms with van der Waals surface area (Å²) in [6.45, 7) is 4.41. The highest BCUT2D eigenvalue weighted by Gasteiger charge is 2.31. The van der Waals surface area contributed by atoms with Gasteiger partial charge >= 0.3 is 0 Å². The zero-order valence-electron chi connectivity index (χ0n) is 23.1. The number of anilines is 1. The summed E-state index contributed by atoms with van der Waals surface area (Å²) in [5.74, 6) is 0.0785. The smallest absolute Gasteiger partial charge is 0.243 e. The predicted molar refractivity (Wildman–Crippen MR) is 156 cm³/mol. The van der Waals surface area contributed by atoms with Crippen molar-refractivity contribution in [2.24, 2.45) is 0 Å². The quantitative estimate of drug-likeness (QED) is 0.335. The highest BCUT2D eigenvalue weighted by atomic mass is 35.5. The SMILES string of the molecule is CCOc1ccccc1N(CCCC(=O)N(Cc1ccccc1Cl)[C@@H](CC)C(=O)NC1CCCC1)S(C)(=O)=O. The second-order valence-electron chi connectivity index (χ2n) is 9.87. The maximum absolute atomic E-state index is 13.6. The van der Waals surface area contributed by atoms with Crippen molar-refractivity contribution in [1.82, 2.24) is 10.2 Å². The normalized spacial score (nSPS) is 14.6. The van der Waals surface area contributed by atoms with Gasteiger partial charge in [-0.25, -0.2) is 8.42 Å². The Labute approximate surface area is 237 Å². The average Bonchev–Trinajstić information content (AvgIpc) is 3.40. The second kappa shape index (κ2) is 14.6. The van der Waals surface area contributed by atoms with E-state index < -0.39 is 16.1 Å². The van der Waals surface area contributed by atoms with E-state index in [-0.39, 0.29) is 43.8 Å². The molecule has 214 valence electrons. The van der Waals surface area contributed by atoms with Crippen LogP contribution in [0.25, 0.3) is 0 Å². The van der Waals surface area contributed by atoms with Crippen molar-refractivity contribution in [1.29, 1.82) is 0 Å². The van der Waals surface area contributed by atoms with E-state index >= 15 is 0 Å². The Bertz CT molecular complexity index is 1220. The Morgan fingerprint density at radius 1 is 1.08 bits per heavy atom. The summed E-state index contributed by atoms with van der Waals surface area (Å²) in [6.07, 6.45) is 6.01. The largest absolute Gasteiger partial charge is 0.492 e. The first-order valence-electron chi connectivity index (χ1n) is 13.7. The van der Waals surface area contributed by atoms with Gasteiger partial charge < -0.3 is 15.0 Å². The van der Waals surface area contributed by atoms with Gasteiger partial charge in [0.05, 0.1) is 18.6 Å². The monoisotopic (exact) mass is 577 g/mol. The van der Waals surface area contributed by atoms with E-state index in [1.165, 1.54) is 4.31 Å². The highest BCUT2D eigenvalue weighted by Crippen LogP contribution is 2.30. The van der Waals surface area contributed by atoms with Crippen LogP contribution < -0.4 is 14.4 Å². The van der Waals surface area contributed by atoms with Gasteiger partial charge in [0.25, 0.3) is 0 Å². The maximum atomic E-state index is 13.6. The van der Waals surface area contributed by atoms with Gasteiger partial charge in [0, 0.05) is 30.6 Å². The number of nitrogens with one attached hydrogen (secondary N) is 1. The number of hydrogen-bond acceptors (Lipinski definition) is 5. The number of rotatable bonds is 14. The molecule has 1 atom stereocenters. The summed E-state index contributed by atoms with van der Waals surface area (Å²) in [5, 5.41) is 3.66. The molecule has 1 aliphatic carbocycles. The molecule has 0 bridgehead atoms. The molecule has 0 radical (unpaired) electrons. The topological polar surface area (TPSA) is 96.0 Å². The lowest BCUT2D eigenvalue weighted by molar-refractivity contribution is -0.141.